The molecular weight excluding hydrogens is 452 g/mol. The molecule has 0 radical (unpaired) electrons. The highest BCUT2D eigenvalue weighted by Gasteiger charge is 2.14. The smallest absolute Gasteiger partial charge is 0.161 e. The first-order valence-electron chi connectivity index (χ1n) is 11.8. The van der Waals surface area contributed by atoms with E-state index in [9.17, 15) is 0 Å². The van der Waals surface area contributed by atoms with E-state index in [0.717, 1.165) is 69.2 Å². The summed E-state index contributed by atoms with van der Waals surface area (Å²) in [5.41, 5.74) is 6.99. The lowest BCUT2D eigenvalue weighted by molar-refractivity contribution is 0.669. The van der Waals surface area contributed by atoms with Crippen molar-refractivity contribution in [1.29, 1.82) is 0 Å². The average Bonchev–Trinajstić information content (AvgIpc) is 3.31. The van der Waals surface area contributed by atoms with Gasteiger partial charge in [0.05, 0.1) is 5.71 Å². The van der Waals surface area contributed by atoms with E-state index in [1.165, 1.54) is 0 Å². The quantitative estimate of drug-likeness (QED) is 0.241. The summed E-state index contributed by atoms with van der Waals surface area (Å²) in [6.07, 6.45) is 4.60. The van der Waals surface area contributed by atoms with Crippen LogP contribution in [0.5, 0.6) is 0 Å². The molecule has 0 saturated carbocycles. The first kappa shape index (κ1) is 21.6. The molecule has 3 nitrogen and oxygen atoms in total. The normalized spacial score (nSPS) is 17.6. The van der Waals surface area contributed by atoms with E-state index < -0.39 is 0 Å². The van der Waals surface area contributed by atoms with Gasteiger partial charge >= 0.3 is 0 Å². The van der Waals surface area contributed by atoms with Crippen LogP contribution in [0.4, 0.5) is 0 Å². The number of amidine groups is 1. The minimum Gasteiger partial charge on any atom is -0.456 e. The van der Waals surface area contributed by atoms with Crippen molar-refractivity contribution in [2.45, 2.75) is 19.3 Å². The third-order valence-electron chi connectivity index (χ3n) is 6.32. The van der Waals surface area contributed by atoms with Crippen LogP contribution in [-0.2, 0) is 0 Å². The number of nitrogens with zero attached hydrogens (tertiary/aromatic N) is 2. The van der Waals surface area contributed by atoms with Crippen molar-refractivity contribution in [3.63, 3.8) is 0 Å². The van der Waals surface area contributed by atoms with Crippen LogP contribution < -0.4 is 0 Å². The molecule has 170 valence electrons. The van der Waals surface area contributed by atoms with Gasteiger partial charge in [-0.1, -0.05) is 84.4 Å². The Morgan fingerprint density at radius 2 is 1.40 bits per heavy atom. The van der Waals surface area contributed by atoms with Crippen molar-refractivity contribution >= 4 is 45.1 Å². The highest BCUT2D eigenvalue weighted by Crippen LogP contribution is 2.30. The van der Waals surface area contributed by atoms with E-state index in [1.54, 1.807) is 0 Å². The molecule has 0 aliphatic carbocycles. The molecule has 1 aromatic heterocycles. The van der Waals surface area contributed by atoms with Gasteiger partial charge in [0.2, 0.25) is 0 Å². The standard InChI is InChI=1S/C31H23ClN2O/c32-30-16-7-5-14-27(23-17-18-26-25-13-4-6-15-28(25)35-29(26)20-23)33-31(34-30)24-12-8-11-22(19-24)21-9-2-1-3-10-21/h1-4,6,8-13,15-20H,5,7,14H2/b30-16-,33-27?,34-31-. The minimum absolute atomic E-state index is 0.475. The molecule has 0 spiro atoms. The largest absolute Gasteiger partial charge is 0.456 e. The lowest BCUT2D eigenvalue weighted by atomic mass is 10.0. The van der Waals surface area contributed by atoms with E-state index in [0.29, 0.717) is 11.0 Å². The molecule has 0 bridgehead atoms. The van der Waals surface area contributed by atoms with E-state index in [2.05, 4.69) is 48.5 Å². The highest BCUT2D eigenvalue weighted by atomic mass is 35.5. The summed E-state index contributed by atoms with van der Waals surface area (Å²) in [5.74, 6) is 0.616. The topological polar surface area (TPSA) is 37.9 Å². The van der Waals surface area contributed by atoms with E-state index in [4.69, 9.17) is 26.0 Å². The van der Waals surface area contributed by atoms with Gasteiger partial charge in [-0.05, 0) is 66.3 Å². The maximum Gasteiger partial charge on any atom is 0.161 e. The molecule has 35 heavy (non-hydrogen) atoms. The monoisotopic (exact) mass is 474 g/mol. The number of rotatable bonds is 3. The molecule has 0 atom stereocenters. The molecule has 0 saturated heterocycles. The molecule has 1 aliphatic rings. The number of halogens is 1. The van der Waals surface area contributed by atoms with Gasteiger partial charge in [0, 0.05) is 16.3 Å². The second kappa shape index (κ2) is 9.36. The van der Waals surface area contributed by atoms with Crippen LogP contribution in [0.2, 0.25) is 0 Å². The van der Waals surface area contributed by atoms with Crippen molar-refractivity contribution in [3.8, 4) is 11.1 Å². The van der Waals surface area contributed by atoms with Crippen LogP contribution in [0.25, 0.3) is 33.1 Å². The number of fused-ring (bicyclic) bond motifs is 3. The summed E-state index contributed by atoms with van der Waals surface area (Å²) in [6, 6.07) is 33.1. The Hall–Kier alpha value is -3.95. The lowest BCUT2D eigenvalue weighted by Gasteiger charge is -2.09. The Kier molecular flexibility index (Phi) is 5.77. The Labute approximate surface area is 209 Å². The van der Waals surface area contributed by atoms with Crippen LogP contribution in [-0.4, -0.2) is 11.5 Å². The Balaban J connectivity index is 1.46. The van der Waals surface area contributed by atoms with Crippen molar-refractivity contribution < 1.29 is 4.42 Å². The molecule has 1 aliphatic heterocycles. The molecule has 0 amide bonds. The summed E-state index contributed by atoms with van der Waals surface area (Å²) in [6.45, 7) is 0. The predicted octanol–water partition coefficient (Wildman–Crippen LogP) is 8.75. The van der Waals surface area contributed by atoms with Gasteiger partial charge in [0.1, 0.15) is 16.3 Å². The van der Waals surface area contributed by atoms with Crippen LogP contribution in [0.1, 0.15) is 30.4 Å². The molecule has 5 aromatic rings. The van der Waals surface area contributed by atoms with Gasteiger partial charge < -0.3 is 4.42 Å². The van der Waals surface area contributed by atoms with Crippen LogP contribution in [0.15, 0.2) is 123 Å². The fraction of sp³-hybridized carbons (Fsp3) is 0.0968. The summed E-state index contributed by atoms with van der Waals surface area (Å²) < 4.78 is 6.14. The van der Waals surface area contributed by atoms with Crippen molar-refractivity contribution in [3.05, 3.63) is 119 Å². The Morgan fingerprint density at radius 3 is 2.31 bits per heavy atom. The highest BCUT2D eigenvalue weighted by molar-refractivity contribution is 6.30. The molecule has 4 aromatic carbocycles. The van der Waals surface area contributed by atoms with Crippen molar-refractivity contribution in [2.24, 2.45) is 9.98 Å². The summed E-state index contributed by atoms with van der Waals surface area (Å²) >= 11 is 6.47. The second-order valence-corrected chi connectivity index (χ2v) is 9.06. The van der Waals surface area contributed by atoms with Gasteiger partial charge in [-0.3, -0.25) is 0 Å². The molecular formula is C31H23ClN2O. The van der Waals surface area contributed by atoms with Gasteiger partial charge in [-0.15, -0.1) is 0 Å². The number of para-hydroxylation sites is 1. The third-order valence-corrected chi connectivity index (χ3v) is 6.56. The minimum atomic E-state index is 0.475. The number of allylic oxidation sites excluding steroid dienone is 1. The van der Waals surface area contributed by atoms with Gasteiger partial charge in [0.15, 0.2) is 5.84 Å². The first-order chi connectivity index (χ1) is 17.2. The third kappa shape index (κ3) is 4.43. The van der Waals surface area contributed by atoms with Crippen LogP contribution in [0, 0.1) is 0 Å². The van der Waals surface area contributed by atoms with Gasteiger partial charge in [0.25, 0.3) is 0 Å². The number of aliphatic imine (C=N–C) groups is 2. The predicted molar refractivity (Wildman–Crippen MR) is 146 cm³/mol. The number of hydrogen-bond donors (Lipinski definition) is 0. The first-order valence-corrected chi connectivity index (χ1v) is 12.2. The molecule has 4 heteroatoms. The maximum atomic E-state index is 6.47. The second-order valence-electron chi connectivity index (χ2n) is 8.67. The van der Waals surface area contributed by atoms with Crippen molar-refractivity contribution in [1.82, 2.24) is 0 Å². The zero-order chi connectivity index (χ0) is 23.6. The Bertz CT molecular complexity index is 1630. The zero-order valence-electron chi connectivity index (χ0n) is 19.1. The lowest BCUT2D eigenvalue weighted by Crippen LogP contribution is -2.07. The number of hydrogen-bond acceptors (Lipinski definition) is 3. The molecule has 0 N–H and O–H groups in total. The zero-order valence-corrected chi connectivity index (χ0v) is 19.9. The molecule has 2 heterocycles. The van der Waals surface area contributed by atoms with E-state index >= 15 is 0 Å². The molecule has 0 unspecified atom stereocenters. The fourth-order valence-electron chi connectivity index (χ4n) is 4.56. The van der Waals surface area contributed by atoms with Crippen molar-refractivity contribution in [2.75, 3.05) is 0 Å². The Morgan fingerprint density at radius 1 is 0.629 bits per heavy atom. The number of furan rings is 1. The van der Waals surface area contributed by atoms with E-state index in [-0.39, 0.29) is 0 Å². The van der Waals surface area contributed by atoms with Gasteiger partial charge in [-0.25, -0.2) is 9.98 Å². The fourth-order valence-corrected chi connectivity index (χ4v) is 4.75. The van der Waals surface area contributed by atoms with Crippen LogP contribution >= 0.6 is 11.6 Å². The SMILES string of the molecule is ClC1=C/CCCC(c2ccc3c(c2)oc2ccccc23)=N/C(c2cccc(-c3ccccc3)c2)=N\1. The number of benzene rings is 4. The molecule has 0 fully saturated rings. The average molecular weight is 475 g/mol. The van der Waals surface area contributed by atoms with Gasteiger partial charge in [-0.2, -0.15) is 0 Å². The molecule has 6 rings (SSSR count). The maximum absolute atomic E-state index is 6.47. The summed E-state index contributed by atoms with van der Waals surface area (Å²) in [4.78, 5) is 9.79. The summed E-state index contributed by atoms with van der Waals surface area (Å²) in [5, 5.41) is 2.71. The van der Waals surface area contributed by atoms with Crippen LogP contribution in [0.3, 0.4) is 0 Å². The summed E-state index contributed by atoms with van der Waals surface area (Å²) in [7, 11) is 0. The van der Waals surface area contributed by atoms with E-state index in [1.807, 2.05) is 54.6 Å².